The van der Waals surface area contributed by atoms with Crippen LogP contribution in [0.1, 0.15) is 40.5 Å². The summed E-state index contributed by atoms with van der Waals surface area (Å²) in [7, 11) is 0. The lowest BCUT2D eigenvalue weighted by molar-refractivity contribution is 0.102. The van der Waals surface area contributed by atoms with Crippen LogP contribution < -0.4 is 10.2 Å². The molecule has 0 unspecified atom stereocenters. The highest BCUT2D eigenvalue weighted by atomic mass is 19.1. The zero-order valence-corrected chi connectivity index (χ0v) is 16.7. The first-order chi connectivity index (χ1) is 15.5. The molecule has 1 aliphatic heterocycles. The van der Waals surface area contributed by atoms with Gasteiger partial charge in [0.15, 0.2) is 5.82 Å². The number of hydrogen-bond donors (Lipinski definition) is 2. The van der Waals surface area contributed by atoms with Gasteiger partial charge in [0.25, 0.3) is 5.91 Å². The summed E-state index contributed by atoms with van der Waals surface area (Å²) in [5.41, 5.74) is 2.21. The van der Waals surface area contributed by atoms with Gasteiger partial charge >= 0.3 is 0 Å². The minimum absolute atomic E-state index is 0.225. The van der Waals surface area contributed by atoms with Crippen LogP contribution in [0.15, 0.2) is 48.8 Å². The molecule has 5 rings (SSSR count). The number of carbonyl (C=O) groups is 1. The highest BCUT2D eigenvalue weighted by Gasteiger charge is 2.29. The minimum Gasteiger partial charge on any atom is -0.364 e. The van der Waals surface area contributed by atoms with Crippen molar-refractivity contribution in [2.75, 3.05) is 16.8 Å². The van der Waals surface area contributed by atoms with E-state index in [2.05, 4.69) is 20.6 Å². The number of aromatic nitrogens is 4. The lowest BCUT2D eigenvalue weighted by Gasteiger charge is -2.27. The monoisotopic (exact) mass is 433 g/mol. The number of nitrogens with one attached hydrogen (secondary N) is 2. The van der Waals surface area contributed by atoms with E-state index < -0.39 is 17.5 Å². The summed E-state index contributed by atoms with van der Waals surface area (Å²) in [6.45, 7) is 0.677. The van der Waals surface area contributed by atoms with E-state index in [-0.39, 0.29) is 17.6 Å². The molecule has 3 aromatic heterocycles. The van der Waals surface area contributed by atoms with Crippen LogP contribution in [0, 0.1) is 23.0 Å². The third-order valence-electron chi connectivity index (χ3n) is 5.59. The molecule has 32 heavy (non-hydrogen) atoms. The maximum absolute atomic E-state index is 14.4. The van der Waals surface area contributed by atoms with Crippen molar-refractivity contribution in [2.24, 2.45) is 0 Å². The van der Waals surface area contributed by atoms with Gasteiger partial charge in [0.1, 0.15) is 23.4 Å². The van der Waals surface area contributed by atoms with Crippen LogP contribution >= 0.6 is 0 Å². The van der Waals surface area contributed by atoms with Crippen molar-refractivity contribution in [2.45, 2.75) is 18.9 Å². The van der Waals surface area contributed by atoms with Gasteiger partial charge in [-0.25, -0.2) is 13.3 Å². The van der Waals surface area contributed by atoms with Crippen LogP contribution in [0.3, 0.4) is 0 Å². The second-order valence-corrected chi connectivity index (χ2v) is 7.52. The summed E-state index contributed by atoms with van der Waals surface area (Å²) in [4.78, 5) is 14.8. The van der Waals surface area contributed by atoms with Gasteiger partial charge in [0, 0.05) is 30.1 Å². The number of benzene rings is 1. The maximum atomic E-state index is 14.4. The number of fused-ring (bicyclic) bond motifs is 1. The van der Waals surface area contributed by atoms with Gasteiger partial charge in [-0.1, -0.05) is 0 Å². The Morgan fingerprint density at radius 3 is 2.94 bits per heavy atom. The van der Waals surface area contributed by atoms with Gasteiger partial charge in [-0.15, -0.1) is 0 Å². The van der Waals surface area contributed by atoms with Crippen LogP contribution in [0.5, 0.6) is 0 Å². The Hall–Kier alpha value is -4.26. The second-order valence-electron chi connectivity index (χ2n) is 7.52. The average molecular weight is 433 g/mol. The number of nitrogens with zero attached hydrogens (tertiary/aromatic N) is 5. The molecule has 1 fully saturated rings. The van der Waals surface area contributed by atoms with Crippen LogP contribution in [0.4, 0.5) is 20.3 Å². The average Bonchev–Trinajstić information content (AvgIpc) is 3.54. The molecule has 0 spiro atoms. The van der Waals surface area contributed by atoms with E-state index >= 15 is 0 Å². The first-order valence-electron chi connectivity index (χ1n) is 9.99. The molecule has 0 aliphatic carbocycles. The van der Waals surface area contributed by atoms with Gasteiger partial charge in [-0.3, -0.25) is 9.89 Å². The Labute approximate surface area is 181 Å². The lowest BCUT2D eigenvalue weighted by atomic mass is 10.0. The van der Waals surface area contributed by atoms with E-state index in [9.17, 15) is 13.6 Å². The van der Waals surface area contributed by atoms with Crippen molar-refractivity contribution in [3.63, 3.8) is 0 Å². The molecule has 0 saturated carbocycles. The molecule has 10 heteroatoms. The number of halogens is 2. The smallest absolute Gasteiger partial charge is 0.260 e. The van der Waals surface area contributed by atoms with E-state index in [1.54, 1.807) is 10.7 Å². The summed E-state index contributed by atoms with van der Waals surface area (Å²) < 4.78 is 29.8. The number of nitriles is 1. The number of pyridine rings is 1. The van der Waals surface area contributed by atoms with Crippen LogP contribution in [-0.4, -0.2) is 32.3 Å². The van der Waals surface area contributed by atoms with Gasteiger partial charge in [0.05, 0.1) is 23.3 Å². The van der Waals surface area contributed by atoms with E-state index in [0.717, 1.165) is 24.2 Å². The molecule has 8 nitrogen and oxygen atoms in total. The van der Waals surface area contributed by atoms with Crippen molar-refractivity contribution in [1.82, 2.24) is 19.8 Å². The van der Waals surface area contributed by atoms with Crippen LogP contribution in [0.25, 0.3) is 5.52 Å². The Kier molecular flexibility index (Phi) is 4.78. The Morgan fingerprint density at radius 2 is 2.12 bits per heavy atom. The zero-order chi connectivity index (χ0) is 22.2. The normalized spacial score (nSPS) is 15.8. The van der Waals surface area contributed by atoms with Crippen molar-refractivity contribution in [1.29, 1.82) is 5.26 Å². The highest BCUT2D eigenvalue weighted by Crippen LogP contribution is 2.38. The molecule has 1 aromatic carbocycles. The molecule has 0 radical (unpaired) electrons. The molecule has 1 saturated heterocycles. The Morgan fingerprint density at radius 1 is 1.25 bits per heavy atom. The summed E-state index contributed by atoms with van der Waals surface area (Å²) in [5, 5.41) is 22.1. The van der Waals surface area contributed by atoms with E-state index in [4.69, 9.17) is 5.26 Å². The van der Waals surface area contributed by atoms with Crippen molar-refractivity contribution in [3.8, 4) is 6.07 Å². The quantitative estimate of drug-likeness (QED) is 0.510. The first-order valence-corrected chi connectivity index (χ1v) is 9.99. The Bertz CT molecular complexity index is 1370. The van der Waals surface area contributed by atoms with E-state index in [0.29, 0.717) is 29.6 Å². The summed E-state index contributed by atoms with van der Waals surface area (Å²) in [6, 6.07) is 10.2. The molecule has 4 aromatic rings. The summed E-state index contributed by atoms with van der Waals surface area (Å²) >= 11 is 0. The number of carbonyl (C=O) groups excluding carboxylic acids is 1. The molecule has 160 valence electrons. The fourth-order valence-electron chi connectivity index (χ4n) is 4.12. The van der Waals surface area contributed by atoms with Crippen LogP contribution in [0.2, 0.25) is 0 Å². The van der Waals surface area contributed by atoms with Gasteiger partial charge in [0.2, 0.25) is 0 Å². The molecule has 4 heterocycles. The number of amides is 1. The predicted molar refractivity (Wildman–Crippen MR) is 112 cm³/mol. The van der Waals surface area contributed by atoms with Gasteiger partial charge in [-0.2, -0.15) is 15.5 Å². The molecular weight excluding hydrogens is 416 g/mol. The molecular formula is C22H17F2N7O. The number of hydrogen-bond acceptors (Lipinski definition) is 5. The van der Waals surface area contributed by atoms with Crippen molar-refractivity contribution in [3.05, 3.63) is 77.2 Å². The standard InChI is InChI=1S/C22H17F2N7O/c23-13-3-4-18(24)16(8-13)19-2-1-6-30(19)15-5-7-31-20(10-15)17(12-26-31)22(32)27-21-9-14(11-25)28-29-21/h3-5,7-10,12,19H,1-2,6H2,(H2,27,28,29,32)/t19-/m1/s1. The number of anilines is 2. The molecule has 0 bridgehead atoms. The van der Waals surface area contributed by atoms with Crippen LogP contribution in [-0.2, 0) is 0 Å². The lowest BCUT2D eigenvalue weighted by Crippen LogP contribution is -2.23. The van der Waals surface area contributed by atoms with Crippen molar-refractivity contribution >= 4 is 22.9 Å². The molecule has 1 atom stereocenters. The third kappa shape index (κ3) is 3.43. The number of aromatic amines is 1. The largest absolute Gasteiger partial charge is 0.364 e. The zero-order valence-electron chi connectivity index (χ0n) is 16.7. The molecule has 1 aliphatic rings. The van der Waals surface area contributed by atoms with E-state index in [1.165, 1.54) is 18.3 Å². The topological polar surface area (TPSA) is 102 Å². The van der Waals surface area contributed by atoms with E-state index in [1.807, 2.05) is 23.1 Å². The predicted octanol–water partition coefficient (Wildman–Crippen LogP) is 3.80. The summed E-state index contributed by atoms with van der Waals surface area (Å²) in [6.07, 6.45) is 4.69. The van der Waals surface area contributed by atoms with Crippen molar-refractivity contribution < 1.29 is 13.6 Å². The fourth-order valence-corrected chi connectivity index (χ4v) is 4.12. The molecule has 2 N–H and O–H groups in total. The van der Waals surface area contributed by atoms with Gasteiger partial charge in [-0.05, 0) is 43.2 Å². The molecule has 1 amide bonds. The SMILES string of the molecule is N#Cc1cc(NC(=O)c2cnn3ccc(N4CCC[C@@H]4c4cc(F)ccc4F)cc23)n[nH]1. The summed E-state index contributed by atoms with van der Waals surface area (Å²) in [5.74, 6) is -1.12. The third-order valence-corrected chi connectivity index (χ3v) is 5.59. The van der Waals surface area contributed by atoms with Gasteiger partial charge < -0.3 is 10.2 Å². The Balaban J connectivity index is 1.47. The fraction of sp³-hybridized carbons (Fsp3) is 0.182. The second kappa shape index (κ2) is 7.77. The maximum Gasteiger partial charge on any atom is 0.260 e. The highest BCUT2D eigenvalue weighted by molar-refractivity contribution is 6.08. The number of rotatable bonds is 4. The first kappa shape index (κ1) is 19.7. The number of H-pyrrole nitrogens is 1. The minimum atomic E-state index is -0.476.